The summed E-state index contributed by atoms with van der Waals surface area (Å²) in [4.78, 5) is 11.7. The maximum atomic E-state index is 13.3. The zero-order valence-corrected chi connectivity index (χ0v) is 9.11. The van der Waals surface area contributed by atoms with Crippen molar-refractivity contribution < 1.29 is 13.8 Å². The van der Waals surface area contributed by atoms with E-state index < -0.39 is 11.7 Å². The molecule has 0 atom stereocenters. The van der Waals surface area contributed by atoms with Crippen LogP contribution in [0.15, 0.2) is 28.9 Å². The third kappa shape index (κ3) is 2.30. The first-order chi connectivity index (χ1) is 8.22. The van der Waals surface area contributed by atoms with E-state index in [4.69, 9.17) is 0 Å². The van der Waals surface area contributed by atoms with Gasteiger partial charge >= 0.3 is 0 Å². The van der Waals surface area contributed by atoms with Gasteiger partial charge in [-0.1, -0.05) is 24.2 Å². The SMILES string of the molecule is CCc1nonc1NC(=O)c1ccccc1F. The summed E-state index contributed by atoms with van der Waals surface area (Å²) >= 11 is 0. The van der Waals surface area contributed by atoms with Crippen molar-refractivity contribution in [2.45, 2.75) is 13.3 Å². The van der Waals surface area contributed by atoms with Crippen LogP contribution in [0, 0.1) is 5.82 Å². The average Bonchev–Trinajstić information content (AvgIpc) is 2.76. The molecule has 1 aromatic heterocycles. The minimum absolute atomic E-state index is 0.0439. The lowest BCUT2D eigenvalue weighted by atomic mass is 10.2. The number of hydrogen-bond acceptors (Lipinski definition) is 4. The summed E-state index contributed by atoms with van der Waals surface area (Å²) in [7, 11) is 0. The highest BCUT2D eigenvalue weighted by atomic mass is 19.1. The monoisotopic (exact) mass is 235 g/mol. The van der Waals surface area contributed by atoms with Gasteiger partial charge in [0, 0.05) is 0 Å². The number of nitrogens with one attached hydrogen (secondary N) is 1. The lowest BCUT2D eigenvalue weighted by molar-refractivity contribution is 0.102. The van der Waals surface area contributed by atoms with Crippen LogP contribution in [-0.4, -0.2) is 16.2 Å². The van der Waals surface area contributed by atoms with E-state index in [1.54, 1.807) is 6.07 Å². The van der Waals surface area contributed by atoms with Crippen molar-refractivity contribution >= 4 is 11.7 Å². The largest absolute Gasteiger partial charge is 0.302 e. The molecule has 0 aliphatic rings. The van der Waals surface area contributed by atoms with Crippen LogP contribution in [0.3, 0.4) is 0 Å². The van der Waals surface area contributed by atoms with E-state index >= 15 is 0 Å². The summed E-state index contributed by atoms with van der Waals surface area (Å²) < 4.78 is 17.8. The Balaban J connectivity index is 2.20. The Morgan fingerprint density at radius 1 is 1.41 bits per heavy atom. The van der Waals surface area contributed by atoms with E-state index in [1.807, 2.05) is 6.92 Å². The molecule has 1 amide bonds. The van der Waals surface area contributed by atoms with Crippen molar-refractivity contribution in [3.63, 3.8) is 0 Å². The summed E-state index contributed by atoms with van der Waals surface area (Å²) in [6.07, 6.45) is 0.566. The molecule has 17 heavy (non-hydrogen) atoms. The maximum Gasteiger partial charge on any atom is 0.259 e. The van der Waals surface area contributed by atoms with Crippen molar-refractivity contribution in [3.8, 4) is 0 Å². The Labute approximate surface area is 96.6 Å². The van der Waals surface area contributed by atoms with E-state index in [0.717, 1.165) is 0 Å². The molecule has 1 heterocycles. The summed E-state index contributed by atoms with van der Waals surface area (Å²) in [6, 6.07) is 5.71. The predicted octanol–water partition coefficient (Wildman–Crippen LogP) is 2.02. The number of nitrogens with zero attached hydrogens (tertiary/aromatic N) is 2. The number of aryl methyl sites for hydroxylation is 1. The van der Waals surface area contributed by atoms with Crippen LogP contribution in [0.5, 0.6) is 0 Å². The van der Waals surface area contributed by atoms with Gasteiger partial charge in [0.2, 0.25) is 5.82 Å². The van der Waals surface area contributed by atoms with E-state index in [-0.39, 0.29) is 11.4 Å². The number of halogens is 1. The van der Waals surface area contributed by atoms with Crippen molar-refractivity contribution in [2.75, 3.05) is 5.32 Å². The molecule has 0 bridgehead atoms. The van der Waals surface area contributed by atoms with Crippen molar-refractivity contribution in [1.29, 1.82) is 0 Å². The number of anilines is 1. The van der Waals surface area contributed by atoms with E-state index in [1.165, 1.54) is 18.2 Å². The summed E-state index contributed by atoms with van der Waals surface area (Å²) in [6.45, 7) is 1.85. The fourth-order valence-electron chi connectivity index (χ4n) is 1.35. The van der Waals surface area contributed by atoms with Gasteiger partial charge in [-0.25, -0.2) is 9.02 Å². The molecule has 0 unspecified atom stereocenters. The first-order valence-electron chi connectivity index (χ1n) is 5.09. The van der Waals surface area contributed by atoms with Gasteiger partial charge < -0.3 is 5.32 Å². The number of rotatable bonds is 3. The predicted molar refractivity (Wildman–Crippen MR) is 58.0 cm³/mol. The smallest absolute Gasteiger partial charge is 0.259 e. The molecule has 0 aliphatic carbocycles. The lowest BCUT2D eigenvalue weighted by Crippen LogP contribution is -2.14. The topological polar surface area (TPSA) is 68.0 Å². The summed E-state index contributed by atoms with van der Waals surface area (Å²) in [5, 5.41) is 9.60. The molecule has 6 heteroatoms. The number of carbonyl (C=O) groups is 1. The Bertz CT molecular complexity index is 539. The fraction of sp³-hybridized carbons (Fsp3) is 0.182. The maximum absolute atomic E-state index is 13.3. The van der Waals surface area contributed by atoms with Crippen LogP contribution in [0.25, 0.3) is 0 Å². The zero-order chi connectivity index (χ0) is 12.3. The minimum Gasteiger partial charge on any atom is -0.302 e. The average molecular weight is 235 g/mol. The molecule has 0 aliphatic heterocycles. The van der Waals surface area contributed by atoms with Crippen molar-refractivity contribution in [1.82, 2.24) is 10.3 Å². The molecule has 2 aromatic rings. The van der Waals surface area contributed by atoms with Crippen LogP contribution < -0.4 is 5.32 Å². The Hall–Kier alpha value is -2.24. The first kappa shape index (κ1) is 11.3. The van der Waals surface area contributed by atoms with Gasteiger partial charge in [-0.15, -0.1) is 0 Å². The molecule has 1 N–H and O–H groups in total. The summed E-state index contributed by atoms with van der Waals surface area (Å²) in [5.74, 6) is -0.936. The quantitative estimate of drug-likeness (QED) is 0.883. The van der Waals surface area contributed by atoms with Gasteiger partial charge in [-0.05, 0) is 23.7 Å². The van der Waals surface area contributed by atoms with Crippen LogP contribution in [-0.2, 0) is 6.42 Å². The van der Waals surface area contributed by atoms with Crippen LogP contribution in [0.1, 0.15) is 23.0 Å². The number of benzene rings is 1. The third-order valence-electron chi connectivity index (χ3n) is 2.24. The van der Waals surface area contributed by atoms with Crippen molar-refractivity contribution in [3.05, 3.63) is 41.3 Å². The Morgan fingerprint density at radius 2 is 2.18 bits per heavy atom. The molecule has 0 saturated carbocycles. The highest BCUT2D eigenvalue weighted by Crippen LogP contribution is 2.13. The van der Waals surface area contributed by atoms with Gasteiger partial charge in [0.05, 0.1) is 5.56 Å². The van der Waals surface area contributed by atoms with Gasteiger partial charge in [-0.3, -0.25) is 4.79 Å². The molecule has 88 valence electrons. The normalized spacial score (nSPS) is 10.2. The Kier molecular flexibility index (Phi) is 3.13. The van der Waals surface area contributed by atoms with Crippen LogP contribution >= 0.6 is 0 Å². The van der Waals surface area contributed by atoms with Crippen molar-refractivity contribution in [2.24, 2.45) is 0 Å². The highest BCUT2D eigenvalue weighted by Gasteiger charge is 2.15. The molecular weight excluding hydrogens is 225 g/mol. The van der Waals surface area contributed by atoms with Gasteiger partial charge in [-0.2, -0.15) is 0 Å². The first-order valence-corrected chi connectivity index (χ1v) is 5.09. The van der Waals surface area contributed by atoms with E-state index in [2.05, 4.69) is 20.3 Å². The number of amides is 1. The fourth-order valence-corrected chi connectivity index (χ4v) is 1.35. The van der Waals surface area contributed by atoms with Gasteiger partial charge in [0.25, 0.3) is 5.91 Å². The molecule has 0 radical (unpaired) electrons. The second-order valence-corrected chi connectivity index (χ2v) is 3.35. The number of carbonyl (C=O) groups excluding carboxylic acids is 1. The third-order valence-corrected chi connectivity index (χ3v) is 2.24. The van der Waals surface area contributed by atoms with E-state index in [9.17, 15) is 9.18 Å². The molecule has 0 fully saturated rings. The Morgan fingerprint density at radius 3 is 2.88 bits per heavy atom. The second-order valence-electron chi connectivity index (χ2n) is 3.35. The molecule has 5 nitrogen and oxygen atoms in total. The number of aromatic nitrogens is 2. The zero-order valence-electron chi connectivity index (χ0n) is 9.11. The molecule has 1 aromatic carbocycles. The summed E-state index contributed by atoms with van der Waals surface area (Å²) in [5.41, 5.74) is 0.479. The molecular formula is C11H10FN3O2. The molecule has 0 saturated heterocycles. The highest BCUT2D eigenvalue weighted by molar-refractivity contribution is 6.04. The molecule has 0 spiro atoms. The van der Waals surface area contributed by atoms with E-state index in [0.29, 0.717) is 12.1 Å². The molecule has 2 rings (SSSR count). The standard InChI is InChI=1S/C11H10FN3O2/c1-2-9-10(15-17-14-9)13-11(16)7-5-3-4-6-8(7)12/h3-6H,2H2,1H3,(H,13,15,16). The van der Waals surface area contributed by atoms with Gasteiger partial charge in [0.15, 0.2) is 0 Å². The second kappa shape index (κ2) is 4.73. The van der Waals surface area contributed by atoms with Crippen LogP contribution in [0.4, 0.5) is 10.2 Å². The van der Waals surface area contributed by atoms with Crippen LogP contribution in [0.2, 0.25) is 0 Å². The number of hydrogen-bond donors (Lipinski definition) is 1. The lowest BCUT2D eigenvalue weighted by Gasteiger charge is -2.02. The minimum atomic E-state index is -0.584. The van der Waals surface area contributed by atoms with Gasteiger partial charge in [0.1, 0.15) is 11.5 Å².